The minimum absolute atomic E-state index is 0.0568. The molecule has 2 heteroatoms. The lowest BCUT2D eigenvalue weighted by Crippen LogP contribution is -2.27. The molecule has 1 aliphatic carbocycles. The molecule has 0 amide bonds. The quantitative estimate of drug-likeness (QED) is 0.130. The van der Waals surface area contributed by atoms with Gasteiger partial charge in [-0.15, -0.1) is 0 Å². The lowest BCUT2D eigenvalue weighted by Gasteiger charge is -2.35. The monoisotopic (exact) mass is 667 g/mol. The summed E-state index contributed by atoms with van der Waals surface area (Å²) >= 11 is 0. The SMILES string of the molecule is C=C/C=C\C(=C)C(C)(C)C.CC1(C)c2cc(-n3c4ccccc4c4cc(B5CC(C)(C)C(C)(C)C5)ccc43)ccc2-c2c1ccc1ccccc21. The summed E-state index contributed by atoms with van der Waals surface area (Å²) in [6.45, 7) is 29.1. The van der Waals surface area contributed by atoms with Gasteiger partial charge in [0.05, 0.1) is 11.0 Å². The molecule has 2 heterocycles. The number of hydrogen-bond donors (Lipinski definition) is 0. The molecule has 0 atom stereocenters. The van der Waals surface area contributed by atoms with Gasteiger partial charge in [-0.25, -0.2) is 0 Å². The van der Waals surface area contributed by atoms with Crippen molar-refractivity contribution < 1.29 is 0 Å². The summed E-state index contributed by atoms with van der Waals surface area (Å²) < 4.78 is 2.49. The van der Waals surface area contributed by atoms with Gasteiger partial charge in [0.15, 0.2) is 6.71 Å². The van der Waals surface area contributed by atoms with E-state index in [1.807, 2.05) is 12.2 Å². The minimum Gasteiger partial charge on any atom is -0.309 e. The van der Waals surface area contributed by atoms with Gasteiger partial charge in [-0.3, -0.25) is 0 Å². The highest BCUT2D eigenvalue weighted by Gasteiger charge is 2.48. The molecule has 51 heavy (non-hydrogen) atoms. The number of benzene rings is 5. The Labute approximate surface area is 306 Å². The molecule has 258 valence electrons. The summed E-state index contributed by atoms with van der Waals surface area (Å²) in [7, 11) is 0. The van der Waals surface area contributed by atoms with Gasteiger partial charge in [-0.2, -0.15) is 0 Å². The average Bonchev–Trinajstić information content (AvgIpc) is 3.63. The molecule has 1 aliphatic heterocycles. The Morgan fingerprint density at radius 2 is 1.35 bits per heavy atom. The van der Waals surface area contributed by atoms with Gasteiger partial charge in [0.2, 0.25) is 0 Å². The summed E-state index contributed by atoms with van der Waals surface area (Å²) in [4.78, 5) is 0. The van der Waals surface area contributed by atoms with Gasteiger partial charge in [0.25, 0.3) is 0 Å². The smallest absolute Gasteiger partial charge is 0.177 e. The Bertz CT molecular complexity index is 2350. The number of nitrogens with zero attached hydrogens (tertiary/aromatic N) is 1. The number of rotatable bonds is 4. The number of allylic oxidation sites excluding steroid dienone is 4. The van der Waals surface area contributed by atoms with Crippen LogP contribution in [0, 0.1) is 16.2 Å². The maximum atomic E-state index is 3.93. The first-order valence-electron chi connectivity index (χ1n) is 18.7. The molecule has 1 aromatic heterocycles. The summed E-state index contributed by atoms with van der Waals surface area (Å²) in [6.07, 6.45) is 8.16. The Hall–Kier alpha value is -4.56. The number of aromatic nitrogens is 1. The Kier molecular flexibility index (Phi) is 8.41. The van der Waals surface area contributed by atoms with Gasteiger partial charge in [0.1, 0.15) is 0 Å². The van der Waals surface area contributed by atoms with E-state index < -0.39 is 0 Å². The second kappa shape index (κ2) is 12.3. The third kappa shape index (κ3) is 5.82. The zero-order valence-corrected chi connectivity index (χ0v) is 32.3. The van der Waals surface area contributed by atoms with Crippen LogP contribution in [0.1, 0.15) is 73.4 Å². The molecule has 0 radical (unpaired) electrons. The fraction of sp³-hybridized carbons (Fsp3) is 0.306. The third-order valence-corrected chi connectivity index (χ3v) is 12.7. The maximum absolute atomic E-state index is 3.93. The Morgan fingerprint density at radius 3 is 2.04 bits per heavy atom. The first-order valence-corrected chi connectivity index (χ1v) is 18.7. The molecule has 0 saturated carbocycles. The van der Waals surface area contributed by atoms with Crippen LogP contribution in [0.25, 0.3) is 49.4 Å². The van der Waals surface area contributed by atoms with E-state index in [1.165, 1.54) is 78.6 Å². The van der Waals surface area contributed by atoms with Crippen molar-refractivity contribution in [1.29, 1.82) is 0 Å². The van der Waals surface area contributed by atoms with E-state index in [0.717, 1.165) is 5.57 Å². The van der Waals surface area contributed by atoms with Gasteiger partial charge in [-0.05, 0) is 79.1 Å². The fourth-order valence-corrected chi connectivity index (χ4v) is 8.68. The van der Waals surface area contributed by atoms with E-state index in [4.69, 9.17) is 0 Å². The number of para-hydroxylation sites is 1. The van der Waals surface area contributed by atoms with E-state index in [2.05, 4.69) is 177 Å². The van der Waals surface area contributed by atoms with Crippen molar-refractivity contribution in [3.05, 3.63) is 145 Å². The summed E-state index contributed by atoms with van der Waals surface area (Å²) in [5.41, 5.74) is 12.9. The topological polar surface area (TPSA) is 4.93 Å². The van der Waals surface area contributed by atoms with Crippen molar-refractivity contribution in [2.75, 3.05) is 0 Å². The van der Waals surface area contributed by atoms with E-state index in [9.17, 15) is 0 Å². The Morgan fingerprint density at radius 1 is 0.706 bits per heavy atom. The second-order valence-corrected chi connectivity index (χ2v) is 17.9. The highest BCUT2D eigenvalue weighted by Crippen LogP contribution is 2.53. The predicted octanol–water partition coefficient (Wildman–Crippen LogP) is 13.3. The molecule has 1 nitrogen and oxygen atoms in total. The second-order valence-electron chi connectivity index (χ2n) is 17.9. The summed E-state index contributed by atoms with van der Waals surface area (Å²) in [6, 6.07) is 36.9. The Balaban J connectivity index is 0.000000358. The van der Waals surface area contributed by atoms with E-state index >= 15 is 0 Å². The van der Waals surface area contributed by atoms with Crippen molar-refractivity contribution in [1.82, 2.24) is 4.57 Å². The van der Waals surface area contributed by atoms with Crippen molar-refractivity contribution >= 4 is 44.8 Å². The number of fused-ring (bicyclic) bond motifs is 8. The first kappa shape index (κ1) is 34.9. The van der Waals surface area contributed by atoms with Crippen molar-refractivity contribution in [2.45, 2.75) is 80.4 Å². The molecule has 2 aliphatic rings. The highest BCUT2D eigenvalue weighted by atomic mass is 15.0. The van der Waals surface area contributed by atoms with Gasteiger partial charge in [0, 0.05) is 21.9 Å². The molecule has 0 bridgehead atoms. The number of hydrogen-bond acceptors (Lipinski definition) is 0. The molecule has 8 rings (SSSR count). The first-order chi connectivity index (χ1) is 24.0. The molecule has 1 saturated heterocycles. The summed E-state index contributed by atoms with van der Waals surface area (Å²) in [5.74, 6) is 0. The lowest BCUT2D eigenvalue weighted by molar-refractivity contribution is 0.177. The van der Waals surface area contributed by atoms with Crippen LogP contribution in [0.4, 0.5) is 0 Å². The zero-order valence-electron chi connectivity index (χ0n) is 32.3. The molecule has 0 N–H and O–H groups in total. The normalized spacial score (nSPS) is 17.1. The van der Waals surface area contributed by atoms with Gasteiger partial charge < -0.3 is 4.57 Å². The predicted molar refractivity (Wildman–Crippen MR) is 226 cm³/mol. The van der Waals surface area contributed by atoms with Gasteiger partial charge in [-0.1, -0.05) is 185 Å². The summed E-state index contributed by atoms with van der Waals surface area (Å²) in [5, 5.41) is 5.38. The fourth-order valence-electron chi connectivity index (χ4n) is 8.68. The van der Waals surface area contributed by atoms with Crippen molar-refractivity contribution in [3.8, 4) is 16.8 Å². The van der Waals surface area contributed by atoms with Crippen LogP contribution in [0.2, 0.25) is 12.6 Å². The molecule has 5 aromatic carbocycles. The molecule has 1 fully saturated rings. The highest BCUT2D eigenvalue weighted by molar-refractivity contribution is 6.74. The zero-order chi connectivity index (χ0) is 36.5. The molecule has 0 unspecified atom stereocenters. The van der Waals surface area contributed by atoms with Gasteiger partial charge >= 0.3 is 0 Å². The maximum Gasteiger partial charge on any atom is 0.177 e. The molecular formula is C49H54BN. The standard InChI is InChI=1S/C39H38BN.C10H16/c1-37(2)23-40(24-38(37,3)4)26-16-20-35-31(21-26)29-13-9-10-14-34(29)41(35)27-17-18-30-33(22-27)39(5,6)32-19-15-25-11-7-8-12-28(25)36(30)32;1-6-7-8-9(2)10(3,4)5/h7-22H,23-24H2,1-6H3;6-8H,1-2H2,3-5H3/b;8-7-. The van der Waals surface area contributed by atoms with Crippen LogP contribution in [-0.2, 0) is 5.41 Å². The molecular weight excluding hydrogens is 613 g/mol. The minimum atomic E-state index is -0.0568. The van der Waals surface area contributed by atoms with Crippen LogP contribution in [0.15, 0.2) is 134 Å². The van der Waals surface area contributed by atoms with Crippen LogP contribution in [-0.4, -0.2) is 11.3 Å². The van der Waals surface area contributed by atoms with Crippen LogP contribution < -0.4 is 5.46 Å². The van der Waals surface area contributed by atoms with Crippen molar-refractivity contribution in [3.63, 3.8) is 0 Å². The van der Waals surface area contributed by atoms with E-state index in [-0.39, 0.29) is 10.8 Å². The third-order valence-electron chi connectivity index (χ3n) is 12.7. The van der Waals surface area contributed by atoms with Crippen molar-refractivity contribution in [2.24, 2.45) is 16.2 Å². The lowest BCUT2D eigenvalue weighted by atomic mass is 9.42. The largest absolute Gasteiger partial charge is 0.309 e. The molecule has 0 spiro atoms. The van der Waals surface area contributed by atoms with E-state index in [1.54, 1.807) is 6.08 Å². The van der Waals surface area contributed by atoms with Crippen LogP contribution in [0.5, 0.6) is 0 Å². The van der Waals surface area contributed by atoms with Crippen LogP contribution in [0.3, 0.4) is 0 Å². The van der Waals surface area contributed by atoms with Crippen LogP contribution >= 0.6 is 0 Å². The van der Waals surface area contributed by atoms with E-state index in [0.29, 0.717) is 17.5 Å². The average molecular weight is 668 g/mol. The molecule has 6 aromatic rings.